The van der Waals surface area contributed by atoms with Crippen LogP contribution in [0.5, 0.6) is 0 Å². The van der Waals surface area contributed by atoms with Crippen LogP contribution in [-0.2, 0) is 9.59 Å². The van der Waals surface area contributed by atoms with Crippen LogP contribution in [0.2, 0.25) is 0 Å². The number of rotatable bonds is 3. The summed E-state index contributed by atoms with van der Waals surface area (Å²) in [5, 5.41) is 0.952. The lowest BCUT2D eigenvalue weighted by atomic mass is 9.68. The van der Waals surface area contributed by atoms with E-state index in [0.717, 1.165) is 22.1 Å². The number of aromatic nitrogens is 1. The van der Waals surface area contributed by atoms with E-state index in [2.05, 4.69) is 17.1 Å². The van der Waals surface area contributed by atoms with E-state index < -0.39 is 11.8 Å². The minimum Gasteiger partial charge on any atom is -0.274 e. The van der Waals surface area contributed by atoms with Crippen LogP contribution < -0.4 is 4.90 Å². The summed E-state index contributed by atoms with van der Waals surface area (Å²) in [6.07, 6.45) is 5.98. The third-order valence-electron chi connectivity index (χ3n) is 7.28. The maximum Gasteiger partial charge on any atom is 0.238 e. The number of carbonyl (C=O) groups is 2. The lowest BCUT2D eigenvalue weighted by Crippen LogP contribution is -2.32. The van der Waals surface area contributed by atoms with Gasteiger partial charge in [0, 0.05) is 23.4 Å². The molecule has 1 aliphatic heterocycles. The van der Waals surface area contributed by atoms with Gasteiger partial charge in [-0.05, 0) is 35.7 Å². The van der Waals surface area contributed by atoms with Crippen molar-refractivity contribution in [2.45, 2.75) is 18.8 Å². The van der Waals surface area contributed by atoms with Crippen molar-refractivity contribution in [3.8, 4) is 0 Å². The second kappa shape index (κ2) is 8.07. The summed E-state index contributed by atoms with van der Waals surface area (Å²) < 4.78 is 0. The third-order valence-corrected chi connectivity index (χ3v) is 7.28. The average molecular weight is 445 g/mol. The molecule has 2 aliphatic rings. The maximum absolute atomic E-state index is 14.1. The first-order chi connectivity index (χ1) is 16.6. The smallest absolute Gasteiger partial charge is 0.238 e. The average Bonchev–Trinajstić information content (AvgIpc) is 3.15. The fourth-order valence-corrected chi connectivity index (χ4v) is 5.65. The maximum atomic E-state index is 14.1. The van der Waals surface area contributed by atoms with E-state index in [9.17, 15) is 9.59 Å². The molecular weight excluding hydrogens is 420 g/mol. The van der Waals surface area contributed by atoms with E-state index in [4.69, 9.17) is 0 Å². The number of aryl methyl sites for hydroxylation is 1. The van der Waals surface area contributed by atoms with E-state index in [-0.39, 0.29) is 23.7 Å². The van der Waals surface area contributed by atoms with Gasteiger partial charge in [-0.3, -0.25) is 14.6 Å². The number of benzene rings is 3. The number of hydrogen-bond acceptors (Lipinski definition) is 3. The standard InChI is InChI=1S/C30H24N2O2/c1-19-17-18-31-28-22(19)13-8-14-25(28)32-29(33)26-23(20-9-4-2-5-10-20)15-16-24(27(26)30(32)34)21-11-6-3-7-12-21/h2-18,23-24,26-27H,1H3. The minimum absolute atomic E-state index is 0.148. The molecule has 34 heavy (non-hydrogen) atoms. The number of para-hydroxylation sites is 1. The Morgan fingerprint density at radius 2 is 1.24 bits per heavy atom. The number of amides is 2. The first kappa shape index (κ1) is 20.5. The van der Waals surface area contributed by atoms with Crippen molar-refractivity contribution >= 4 is 28.4 Å². The van der Waals surface area contributed by atoms with Gasteiger partial charge in [0.25, 0.3) is 0 Å². The number of nitrogens with zero attached hydrogens (tertiary/aromatic N) is 2. The highest BCUT2D eigenvalue weighted by Gasteiger charge is 2.55. The molecule has 6 rings (SSSR count). The van der Waals surface area contributed by atoms with Crippen LogP contribution in [0.15, 0.2) is 103 Å². The highest BCUT2D eigenvalue weighted by atomic mass is 16.2. The van der Waals surface area contributed by atoms with Crippen molar-refractivity contribution in [2.75, 3.05) is 4.90 Å². The molecule has 4 atom stereocenters. The fourth-order valence-electron chi connectivity index (χ4n) is 5.65. The zero-order chi connectivity index (χ0) is 23.2. The van der Waals surface area contributed by atoms with Crippen LogP contribution in [0.3, 0.4) is 0 Å². The Kier molecular flexibility index (Phi) is 4.88. The summed E-state index contributed by atoms with van der Waals surface area (Å²) in [6, 6.07) is 27.7. The summed E-state index contributed by atoms with van der Waals surface area (Å²) in [7, 11) is 0. The Morgan fingerprint density at radius 1 is 0.676 bits per heavy atom. The van der Waals surface area contributed by atoms with Gasteiger partial charge in [0.2, 0.25) is 11.8 Å². The molecule has 3 aromatic carbocycles. The zero-order valence-corrected chi connectivity index (χ0v) is 18.8. The van der Waals surface area contributed by atoms with E-state index in [1.54, 1.807) is 6.20 Å². The highest BCUT2D eigenvalue weighted by Crippen LogP contribution is 2.50. The Morgan fingerprint density at radius 3 is 1.79 bits per heavy atom. The van der Waals surface area contributed by atoms with Crippen LogP contribution >= 0.6 is 0 Å². The van der Waals surface area contributed by atoms with Crippen molar-refractivity contribution in [1.29, 1.82) is 0 Å². The van der Waals surface area contributed by atoms with Gasteiger partial charge >= 0.3 is 0 Å². The molecule has 0 radical (unpaired) electrons. The van der Waals surface area contributed by atoms with Crippen LogP contribution in [0.25, 0.3) is 10.9 Å². The summed E-state index contributed by atoms with van der Waals surface area (Å²) >= 11 is 0. The second-order valence-corrected chi connectivity index (χ2v) is 9.12. The van der Waals surface area contributed by atoms with Crippen molar-refractivity contribution in [2.24, 2.45) is 11.8 Å². The predicted molar refractivity (Wildman–Crippen MR) is 133 cm³/mol. The first-order valence-corrected chi connectivity index (χ1v) is 11.7. The van der Waals surface area contributed by atoms with Gasteiger partial charge in [0.15, 0.2) is 0 Å². The third kappa shape index (κ3) is 3.10. The molecule has 1 aromatic heterocycles. The normalized spacial score (nSPS) is 24.0. The predicted octanol–water partition coefficient (Wildman–Crippen LogP) is 5.79. The van der Waals surface area contributed by atoms with Crippen LogP contribution in [0, 0.1) is 18.8 Å². The first-order valence-electron chi connectivity index (χ1n) is 11.7. The van der Waals surface area contributed by atoms with Crippen LogP contribution in [0.4, 0.5) is 5.69 Å². The number of anilines is 1. The monoisotopic (exact) mass is 444 g/mol. The lowest BCUT2D eigenvalue weighted by molar-refractivity contribution is -0.122. The largest absolute Gasteiger partial charge is 0.274 e. The SMILES string of the molecule is Cc1ccnc2c(N3C(=O)C4C(c5ccccc5)C=CC(c5ccccc5)C4C3=O)cccc12. The Hall–Kier alpha value is -4.05. The van der Waals surface area contributed by atoms with Crippen LogP contribution in [0.1, 0.15) is 28.5 Å². The van der Waals surface area contributed by atoms with Crippen molar-refractivity contribution in [3.05, 3.63) is 120 Å². The van der Waals surface area contributed by atoms with Gasteiger partial charge in [0.05, 0.1) is 23.0 Å². The molecule has 1 saturated heterocycles. The van der Waals surface area contributed by atoms with Crippen molar-refractivity contribution in [3.63, 3.8) is 0 Å². The number of imide groups is 1. The number of pyridine rings is 1. The number of carbonyl (C=O) groups excluding carboxylic acids is 2. The van der Waals surface area contributed by atoms with E-state index >= 15 is 0 Å². The summed E-state index contributed by atoms with van der Waals surface area (Å²) in [5.41, 5.74) is 4.42. The van der Waals surface area contributed by atoms with Gasteiger partial charge in [-0.2, -0.15) is 0 Å². The number of hydrogen-bond donors (Lipinski definition) is 0. The molecule has 166 valence electrons. The highest BCUT2D eigenvalue weighted by molar-refractivity contribution is 6.25. The molecule has 2 amide bonds. The Bertz CT molecular complexity index is 1360. The van der Waals surface area contributed by atoms with E-state index in [1.807, 2.05) is 91.9 Å². The van der Waals surface area contributed by atoms with Crippen LogP contribution in [-0.4, -0.2) is 16.8 Å². The van der Waals surface area contributed by atoms with Crippen molar-refractivity contribution < 1.29 is 9.59 Å². The lowest BCUT2D eigenvalue weighted by Gasteiger charge is -2.32. The van der Waals surface area contributed by atoms with Gasteiger partial charge in [0.1, 0.15) is 0 Å². The quantitative estimate of drug-likeness (QED) is 0.297. The molecule has 2 heterocycles. The summed E-state index contributed by atoms with van der Waals surface area (Å²) in [5.74, 6) is -1.54. The Balaban J connectivity index is 1.52. The topological polar surface area (TPSA) is 50.3 Å². The van der Waals surface area contributed by atoms with Gasteiger partial charge in [-0.15, -0.1) is 0 Å². The molecule has 4 heteroatoms. The molecule has 0 spiro atoms. The number of allylic oxidation sites excluding steroid dienone is 2. The molecule has 1 aliphatic carbocycles. The second-order valence-electron chi connectivity index (χ2n) is 9.12. The van der Waals surface area contributed by atoms with Crippen molar-refractivity contribution in [1.82, 2.24) is 4.98 Å². The van der Waals surface area contributed by atoms with Gasteiger partial charge in [-0.1, -0.05) is 84.9 Å². The zero-order valence-electron chi connectivity index (χ0n) is 18.8. The molecule has 0 N–H and O–H groups in total. The molecule has 4 aromatic rings. The molecule has 0 saturated carbocycles. The molecule has 4 unspecified atom stereocenters. The van der Waals surface area contributed by atoms with E-state index in [0.29, 0.717) is 11.2 Å². The number of fused-ring (bicyclic) bond motifs is 2. The molecule has 4 nitrogen and oxygen atoms in total. The molecule has 0 bridgehead atoms. The summed E-state index contributed by atoms with van der Waals surface area (Å²) in [6.45, 7) is 2.02. The Labute approximate surface area is 198 Å². The summed E-state index contributed by atoms with van der Waals surface area (Å²) in [4.78, 5) is 34.1. The molecule has 1 fully saturated rings. The van der Waals surface area contributed by atoms with Gasteiger partial charge < -0.3 is 0 Å². The van der Waals surface area contributed by atoms with E-state index in [1.165, 1.54) is 4.90 Å². The minimum atomic E-state index is -0.467. The van der Waals surface area contributed by atoms with Gasteiger partial charge in [-0.25, -0.2) is 4.90 Å². The fraction of sp³-hybridized carbons (Fsp3) is 0.167. The molecular formula is C30H24N2O2.